The predicted octanol–water partition coefficient (Wildman–Crippen LogP) is 4.12. The lowest BCUT2D eigenvalue weighted by Crippen LogP contribution is -2.58. The predicted molar refractivity (Wildman–Crippen MR) is 111 cm³/mol. The molecule has 2 aliphatic rings. The van der Waals surface area contributed by atoms with Gasteiger partial charge in [0.05, 0.1) is 12.7 Å². The molecule has 1 aromatic carbocycles. The van der Waals surface area contributed by atoms with Crippen LogP contribution in [-0.2, 0) is 4.79 Å². The number of benzene rings is 1. The molecule has 2 aromatic rings. The summed E-state index contributed by atoms with van der Waals surface area (Å²) in [4.78, 5) is 24.4. The first-order chi connectivity index (χ1) is 13.6. The summed E-state index contributed by atoms with van der Waals surface area (Å²) in [5.41, 5.74) is 0.367. The van der Waals surface area contributed by atoms with E-state index in [1.54, 1.807) is 18.2 Å². The van der Waals surface area contributed by atoms with Crippen molar-refractivity contribution in [3.8, 4) is 5.75 Å². The molecule has 0 radical (unpaired) electrons. The molecule has 0 spiro atoms. The van der Waals surface area contributed by atoms with Crippen LogP contribution >= 0.6 is 0 Å². The Morgan fingerprint density at radius 3 is 2.66 bits per heavy atom. The molecule has 5 heteroatoms. The van der Waals surface area contributed by atoms with Crippen LogP contribution in [0.1, 0.15) is 40.5 Å². The third kappa shape index (κ3) is 3.21. The average Bonchev–Trinajstić information content (AvgIpc) is 2.64. The molecule has 4 atom stereocenters. The van der Waals surface area contributed by atoms with Gasteiger partial charge in [-0.15, -0.1) is 0 Å². The molecule has 1 aromatic heterocycles. The van der Waals surface area contributed by atoms with E-state index in [1.165, 1.54) is 6.07 Å². The molecule has 0 bridgehead atoms. The molecular formula is C24H28O5. The zero-order valence-corrected chi connectivity index (χ0v) is 17.4. The van der Waals surface area contributed by atoms with E-state index in [0.717, 1.165) is 17.4 Å². The van der Waals surface area contributed by atoms with E-state index in [1.807, 2.05) is 32.9 Å². The summed E-state index contributed by atoms with van der Waals surface area (Å²) < 4.78 is 11.4. The quantitative estimate of drug-likeness (QED) is 0.790. The normalized spacial score (nSPS) is 31.3. The van der Waals surface area contributed by atoms with Crippen molar-refractivity contribution in [3.05, 3.63) is 52.4 Å². The van der Waals surface area contributed by atoms with E-state index in [2.05, 4.69) is 6.92 Å². The maximum absolute atomic E-state index is 12.9. The fraction of sp³-hybridized carbons (Fsp3) is 0.500. The molecule has 1 heterocycles. The monoisotopic (exact) mass is 396 g/mol. The van der Waals surface area contributed by atoms with Crippen molar-refractivity contribution in [2.24, 2.45) is 22.7 Å². The second-order valence-corrected chi connectivity index (χ2v) is 9.42. The Kier molecular flexibility index (Phi) is 4.69. The van der Waals surface area contributed by atoms with Gasteiger partial charge in [-0.25, -0.2) is 4.79 Å². The molecule has 1 N–H and O–H groups in total. The lowest BCUT2D eigenvalue weighted by molar-refractivity contribution is -0.152. The van der Waals surface area contributed by atoms with E-state index in [0.29, 0.717) is 24.4 Å². The molecule has 0 unspecified atom stereocenters. The lowest BCUT2D eigenvalue weighted by Gasteiger charge is -2.57. The smallest absolute Gasteiger partial charge is 0.336 e. The van der Waals surface area contributed by atoms with Crippen molar-refractivity contribution in [2.75, 3.05) is 6.61 Å². The highest BCUT2D eigenvalue weighted by molar-refractivity contribution is 5.95. The van der Waals surface area contributed by atoms with Gasteiger partial charge in [-0.1, -0.05) is 26.3 Å². The summed E-state index contributed by atoms with van der Waals surface area (Å²) in [5, 5.41) is 11.4. The van der Waals surface area contributed by atoms with Crippen molar-refractivity contribution >= 4 is 16.8 Å². The van der Waals surface area contributed by atoms with Gasteiger partial charge in [0.25, 0.3) is 0 Å². The van der Waals surface area contributed by atoms with Crippen LogP contribution in [-0.4, -0.2) is 23.6 Å². The Balaban J connectivity index is 1.63. The van der Waals surface area contributed by atoms with Crippen molar-refractivity contribution in [1.82, 2.24) is 0 Å². The van der Waals surface area contributed by atoms with E-state index in [9.17, 15) is 14.7 Å². The second-order valence-electron chi connectivity index (χ2n) is 9.42. The van der Waals surface area contributed by atoms with Crippen LogP contribution < -0.4 is 10.4 Å². The van der Waals surface area contributed by atoms with E-state index >= 15 is 0 Å². The third-order valence-electron chi connectivity index (χ3n) is 7.23. The van der Waals surface area contributed by atoms with Gasteiger partial charge in [0, 0.05) is 34.8 Å². The van der Waals surface area contributed by atoms with Gasteiger partial charge in [0.15, 0.2) is 5.78 Å². The first kappa shape index (κ1) is 19.9. The maximum atomic E-state index is 12.9. The summed E-state index contributed by atoms with van der Waals surface area (Å²) in [6.45, 7) is 8.57. The van der Waals surface area contributed by atoms with Crippen molar-refractivity contribution < 1.29 is 19.1 Å². The summed E-state index contributed by atoms with van der Waals surface area (Å²) in [6, 6.07) is 8.59. The fourth-order valence-electron chi connectivity index (χ4n) is 5.63. The van der Waals surface area contributed by atoms with Gasteiger partial charge in [-0.2, -0.15) is 0 Å². The maximum Gasteiger partial charge on any atom is 0.336 e. The fourth-order valence-corrected chi connectivity index (χ4v) is 5.63. The highest BCUT2D eigenvalue weighted by Gasteiger charge is 2.58. The zero-order valence-electron chi connectivity index (χ0n) is 17.4. The van der Waals surface area contributed by atoms with Gasteiger partial charge in [-0.05, 0) is 49.5 Å². The average molecular weight is 396 g/mol. The zero-order chi connectivity index (χ0) is 21.0. The number of ketones is 1. The van der Waals surface area contributed by atoms with Crippen LogP contribution in [0.4, 0.5) is 0 Å². The highest BCUT2D eigenvalue weighted by Crippen LogP contribution is 2.58. The number of carbonyl (C=O) groups is 1. The van der Waals surface area contributed by atoms with Crippen LogP contribution in [0.25, 0.3) is 11.0 Å². The van der Waals surface area contributed by atoms with E-state index in [-0.39, 0.29) is 23.0 Å². The van der Waals surface area contributed by atoms with Crippen molar-refractivity contribution in [2.45, 2.75) is 46.6 Å². The molecule has 0 aliphatic heterocycles. The van der Waals surface area contributed by atoms with Crippen LogP contribution in [0.3, 0.4) is 0 Å². The number of ether oxygens (including phenoxy) is 1. The molecular weight excluding hydrogens is 368 g/mol. The first-order valence-electron chi connectivity index (χ1n) is 10.2. The molecule has 0 saturated heterocycles. The van der Waals surface area contributed by atoms with E-state index < -0.39 is 17.1 Å². The highest BCUT2D eigenvalue weighted by atomic mass is 16.5. The van der Waals surface area contributed by atoms with Gasteiger partial charge in [-0.3, -0.25) is 4.79 Å². The number of aliphatic hydroxyl groups excluding tert-OH is 1. The molecule has 154 valence electrons. The number of allylic oxidation sites excluding steroid dienone is 1. The Hall–Kier alpha value is -2.40. The summed E-state index contributed by atoms with van der Waals surface area (Å²) in [7, 11) is 0. The number of hydrogen-bond donors (Lipinski definition) is 1. The van der Waals surface area contributed by atoms with Crippen LogP contribution in [0.2, 0.25) is 0 Å². The second kappa shape index (κ2) is 6.84. The minimum atomic E-state index is -0.485. The summed E-state index contributed by atoms with van der Waals surface area (Å²) in [6.07, 6.45) is 2.71. The minimum absolute atomic E-state index is 0.0652. The lowest BCUT2D eigenvalue weighted by atomic mass is 9.47. The number of fused-ring (bicyclic) bond motifs is 2. The molecule has 4 rings (SSSR count). The topological polar surface area (TPSA) is 76.7 Å². The number of aliphatic hydroxyl groups is 1. The third-order valence-corrected chi connectivity index (χ3v) is 7.23. The van der Waals surface area contributed by atoms with Crippen molar-refractivity contribution in [1.29, 1.82) is 0 Å². The van der Waals surface area contributed by atoms with Gasteiger partial charge >= 0.3 is 5.63 Å². The van der Waals surface area contributed by atoms with Crippen LogP contribution in [0.5, 0.6) is 5.75 Å². The SMILES string of the molecule is CC1=CC(=O)[C@H]2C(C)(C)[C@@H](O)CC[C@]2(C)[C@H]1COc1ccc2ccc(=O)oc2c1. The van der Waals surface area contributed by atoms with E-state index in [4.69, 9.17) is 9.15 Å². The Labute approximate surface area is 170 Å². The molecule has 5 nitrogen and oxygen atoms in total. The number of rotatable bonds is 3. The van der Waals surface area contributed by atoms with Gasteiger partial charge in [0.2, 0.25) is 0 Å². The van der Waals surface area contributed by atoms with Crippen molar-refractivity contribution in [3.63, 3.8) is 0 Å². The number of hydrogen-bond acceptors (Lipinski definition) is 5. The van der Waals surface area contributed by atoms with Crippen LogP contribution in [0.15, 0.2) is 51.2 Å². The van der Waals surface area contributed by atoms with Crippen LogP contribution in [0, 0.1) is 22.7 Å². The van der Waals surface area contributed by atoms with Gasteiger partial charge < -0.3 is 14.3 Å². The summed E-state index contributed by atoms with van der Waals surface area (Å²) in [5.74, 6) is 0.561. The minimum Gasteiger partial charge on any atom is -0.493 e. The molecule has 0 amide bonds. The molecule has 1 saturated carbocycles. The molecule has 1 fully saturated rings. The van der Waals surface area contributed by atoms with Gasteiger partial charge in [0.1, 0.15) is 11.3 Å². The largest absolute Gasteiger partial charge is 0.493 e. The Morgan fingerprint density at radius 2 is 1.90 bits per heavy atom. The Bertz CT molecular complexity index is 1050. The summed E-state index contributed by atoms with van der Waals surface area (Å²) >= 11 is 0. The number of carbonyl (C=O) groups excluding carboxylic acids is 1. The first-order valence-corrected chi connectivity index (χ1v) is 10.2. The molecule has 2 aliphatic carbocycles. The Morgan fingerprint density at radius 1 is 1.17 bits per heavy atom. The molecule has 29 heavy (non-hydrogen) atoms. The standard InChI is InChI=1S/C24H28O5/c1-14-11-18(25)22-23(2,3)20(26)9-10-24(22,4)17(14)13-28-16-7-5-15-6-8-21(27)29-19(15)12-16/h5-8,11-12,17,20,22,26H,9-10,13H2,1-4H3/t17-,20-,22-,24+/m0/s1.